The van der Waals surface area contributed by atoms with E-state index in [1.807, 2.05) is 26.0 Å². The van der Waals surface area contributed by atoms with Crippen molar-refractivity contribution in [1.29, 1.82) is 0 Å². The molecule has 3 rings (SSSR count). The Morgan fingerprint density at radius 1 is 1.11 bits per heavy atom. The van der Waals surface area contributed by atoms with Gasteiger partial charge in [0.2, 0.25) is 0 Å². The number of carbonyl (C=O) groups is 1. The van der Waals surface area contributed by atoms with Gasteiger partial charge in [0.1, 0.15) is 0 Å². The highest BCUT2D eigenvalue weighted by Crippen LogP contribution is 2.18. The summed E-state index contributed by atoms with van der Waals surface area (Å²) in [4.78, 5) is 14.7. The number of likely N-dealkylation sites (tertiary alicyclic amines) is 1. The van der Waals surface area contributed by atoms with E-state index in [1.165, 1.54) is 37.1 Å². The quantitative estimate of drug-likeness (QED) is 0.795. The van der Waals surface area contributed by atoms with Crippen molar-refractivity contribution in [2.24, 2.45) is 5.92 Å². The highest BCUT2D eigenvalue weighted by Gasteiger charge is 2.16. The monoisotopic (exact) mass is 365 g/mol. The fourth-order valence-corrected chi connectivity index (χ4v) is 3.75. The van der Waals surface area contributed by atoms with Crippen LogP contribution in [0.3, 0.4) is 0 Å². The van der Waals surface area contributed by atoms with Crippen molar-refractivity contribution in [3.8, 4) is 0 Å². The van der Waals surface area contributed by atoms with Gasteiger partial charge < -0.3 is 10.6 Å². The summed E-state index contributed by atoms with van der Waals surface area (Å²) in [6, 6.07) is 14.4. The van der Waals surface area contributed by atoms with Gasteiger partial charge >= 0.3 is 6.03 Å². The Balaban J connectivity index is 1.47. The SMILES string of the molecule is Cc1ccc(NC(=O)NCc2ccc(CN3CCCC(C)C3)cc2)c(C)c1. The van der Waals surface area contributed by atoms with Crippen LogP contribution in [-0.4, -0.2) is 24.0 Å². The van der Waals surface area contributed by atoms with Crippen molar-refractivity contribution < 1.29 is 4.79 Å². The van der Waals surface area contributed by atoms with Gasteiger partial charge in [-0.3, -0.25) is 4.90 Å². The summed E-state index contributed by atoms with van der Waals surface area (Å²) in [6.45, 7) is 10.3. The summed E-state index contributed by atoms with van der Waals surface area (Å²) in [5.74, 6) is 0.804. The van der Waals surface area contributed by atoms with Crippen LogP contribution in [0.4, 0.5) is 10.5 Å². The van der Waals surface area contributed by atoms with Crippen molar-refractivity contribution >= 4 is 11.7 Å². The number of nitrogens with zero attached hydrogens (tertiary/aromatic N) is 1. The second kappa shape index (κ2) is 9.05. The van der Waals surface area contributed by atoms with E-state index in [9.17, 15) is 4.79 Å². The molecule has 2 aromatic rings. The van der Waals surface area contributed by atoms with Gasteiger partial charge in [0.05, 0.1) is 0 Å². The van der Waals surface area contributed by atoms with Gasteiger partial charge in [-0.15, -0.1) is 0 Å². The first-order valence-electron chi connectivity index (χ1n) is 9.92. The number of urea groups is 1. The zero-order chi connectivity index (χ0) is 19.2. The van der Waals surface area contributed by atoms with E-state index >= 15 is 0 Å². The number of hydrogen-bond donors (Lipinski definition) is 2. The standard InChI is InChI=1S/C23H31N3O/c1-17-6-11-22(19(3)13-17)25-23(27)24-14-20-7-9-21(10-8-20)16-26-12-4-5-18(2)15-26/h6-11,13,18H,4-5,12,14-16H2,1-3H3,(H2,24,25,27). The molecule has 2 N–H and O–H groups in total. The molecule has 0 aromatic heterocycles. The molecule has 2 amide bonds. The maximum atomic E-state index is 12.2. The third kappa shape index (κ3) is 5.83. The van der Waals surface area contributed by atoms with Crippen molar-refractivity contribution in [3.63, 3.8) is 0 Å². The van der Waals surface area contributed by atoms with Crippen molar-refractivity contribution in [2.75, 3.05) is 18.4 Å². The van der Waals surface area contributed by atoms with Gasteiger partial charge in [0.15, 0.2) is 0 Å². The minimum atomic E-state index is -0.173. The van der Waals surface area contributed by atoms with Crippen LogP contribution in [0.1, 0.15) is 42.0 Å². The lowest BCUT2D eigenvalue weighted by Crippen LogP contribution is -2.33. The topological polar surface area (TPSA) is 44.4 Å². The molecule has 1 saturated heterocycles. The van der Waals surface area contributed by atoms with E-state index in [0.717, 1.165) is 29.3 Å². The Morgan fingerprint density at radius 3 is 2.56 bits per heavy atom. The van der Waals surface area contributed by atoms with Crippen molar-refractivity contribution in [1.82, 2.24) is 10.2 Å². The number of benzene rings is 2. The molecule has 0 radical (unpaired) electrons. The maximum absolute atomic E-state index is 12.2. The van der Waals surface area contributed by atoms with E-state index in [1.54, 1.807) is 0 Å². The Morgan fingerprint density at radius 2 is 1.85 bits per heavy atom. The number of nitrogens with one attached hydrogen (secondary N) is 2. The predicted molar refractivity (Wildman–Crippen MR) is 112 cm³/mol. The third-order valence-electron chi connectivity index (χ3n) is 5.25. The molecule has 0 saturated carbocycles. The van der Waals surface area contributed by atoms with Crippen LogP contribution >= 0.6 is 0 Å². The number of amides is 2. The molecular weight excluding hydrogens is 334 g/mol. The van der Waals surface area contributed by atoms with Crippen LogP contribution in [0.5, 0.6) is 0 Å². The second-order valence-corrected chi connectivity index (χ2v) is 7.93. The van der Waals surface area contributed by atoms with E-state index in [4.69, 9.17) is 0 Å². The molecule has 27 heavy (non-hydrogen) atoms. The number of aryl methyl sites for hydroxylation is 2. The Bertz CT molecular complexity index is 770. The zero-order valence-electron chi connectivity index (χ0n) is 16.7. The minimum absolute atomic E-state index is 0.173. The largest absolute Gasteiger partial charge is 0.334 e. The molecule has 0 bridgehead atoms. The predicted octanol–water partition coefficient (Wildman–Crippen LogP) is 4.86. The van der Waals surface area contributed by atoms with E-state index in [-0.39, 0.29) is 6.03 Å². The number of carbonyl (C=O) groups excluding carboxylic acids is 1. The van der Waals surface area contributed by atoms with Crippen LogP contribution in [0.15, 0.2) is 42.5 Å². The number of rotatable bonds is 5. The van der Waals surface area contributed by atoms with Crippen LogP contribution in [-0.2, 0) is 13.1 Å². The van der Waals surface area contributed by atoms with Crippen LogP contribution < -0.4 is 10.6 Å². The lowest BCUT2D eigenvalue weighted by atomic mass is 9.99. The summed E-state index contributed by atoms with van der Waals surface area (Å²) in [5.41, 5.74) is 5.57. The molecule has 1 unspecified atom stereocenters. The molecule has 0 spiro atoms. The highest BCUT2D eigenvalue weighted by atomic mass is 16.2. The smallest absolute Gasteiger partial charge is 0.319 e. The van der Waals surface area contributed by atoms with E-state index in [2.05, 4.69) is 52.8 Å². The van der Waals surface area contributed by atoms with E-state index in [0.29, 0.717) is 6.54 Å². The number of piperidine rings is 1. The molecule has 1 atom stereocenters. The molecule has 1 fully saturated rings. The zero-order valence-corrected chi connectivity index (χ0v) is 16.7. The van der Waals surface area contributed by atoms with E-state index < -0.39 is 0 Å². The molecule has 4 nitrogen and oxygen atoms in total. The first-order chi connectivity index (χ1) is 13.0. The molecule has 1 heterocycles. The molecule has 4 heteroatoms. The Kier molecular flexibility index (Phi) is 6.51. The lowest BCUT2D eigenvalue weighted by molar-refractivity contribution is 0.176. The average Bonchev–Trinajstić information content (AvgIpc) is 2.64. The summed E-state index contributed by atoms with van der Waals surface area (Å²) >= 11 is 0. The molecule has 144 valence electrons. The Labute approximate surface area is 163 Å². The van der Waals surface area contributed by atoms with Gasteiger partial charge in [-0.05, 0) is 61.9 Å². The molecular formula is C23H31N3O. The van der Waals surface area contributed by atoms with Crippen LogP contribution in [0, 0.1) is 19.8 Å². The van der Waals surface area contributed by atoms with Gasteiger partial charge in [-0.2, -0.15) is 0 Å². The Hall–Kier alpha value is -2.33. The molecule has 1 aliphatic rings. The fourth-order valence-electron chi connectivity index (χ4n) is 3.75. The fraction of sp³-hybridized carbons (Fsp3) is 0.435. The number of anilines is 1. The number of hydrogen-bond acceptors (Lipinski definition) is 2. The average molecular weight is 366 g/mol. The maximum Gasteiger partial charge on any atom is 0.319 e. The molecule has 1 aliphatic heterocycles. The van der Waals surface area contributed by atoms with Crippen molar-refractivity contribution in [3.05, 3.63) is 64.7 Å². The first-order valence-corrected chi connectivity index (χ1v) is 9.92. The van der Waals surface area contributed by atoms with Crippen LogP contribution in [0.2, 0.25) is 0 Å². The lowest BCUT2D eigenvalue weighted by Gasteiger charge is -2.30. The van der Waals surface area contributed by atoms with Gasteiger partial charge in [-0.25, -0.2) is 4.79 Å². The normalized spacial score (nSPS) is 17.5. The van der Waals surface area contributed by atoms with Gasteiger partial charge in [0, 0.05) is 25.3 Å². The van der Waals surface area contributed by atoms with Crippen LogP contribution in [0.25, 0.3) is 0 Å². The highest BCUT2D eigenvalue weighted by molar-refractivity contribution is 5.90. The van der Waals surface area contributed by atoms with Gasteiger partial charge in [0.25, 0.3) is 0 Å². The van der Waals surface area contributed by atoms with Gasteiger partial charge in [-0.1, -0.05) is 48.9 Å². The first kappa shape index (κ1) is 19.4. The molecule has 2 aromatic carbocycles. The summed E-state index contributed by atoms with van der Waals surface area (Å²) in [5, 5.41) is 5.86. The molecule has 0 aliphatic carbocycles. The summed E-state index contributed by atoms with van der Waals surface area (Å²) < 4.78 is 0. The minimum Gasteiger partial charge on any atom is -0.334 e. The third-order valence-corrected chi connectivity index (χ3v) is 5.25. The summed E-state index contributed by atoms with van der Waals surface area (Å²) in [6.07, 6.45) is 2.66. The second-order valence-electron chi connectivity index (χ2n) is 7.93. The van der Waals surface area contributed by atoms with Crippen molar-refractivity contribution in [2.45, 2.75) is 46.7 Å². The summed E-state index contributed by atoms with van der Waals surface area (Å²) in [7, 11) is 0.